The fourth-order valence-corrected chi connectivity index (χ4v) is 3.28. The highest BCUT2D eigenvalue weighted by Crippen LogP contribution is 2.26. The van der Waals surface area contributed by atoms with Crippen molar-refractivity contribution in [1.29, 1.82) is 0 Å². The molecule has 1 amide bonds. The van der Waals surface area contributed by atoms with Gasteiger partial charge in [-0.05, 0) is 80.8 Å². The fraction of sp³-hybridized carbons (Fsp3) is 0.381. The summed E-state index contributed by atoms with van der Waals surface area (Å²) in [5.74, 6) is 0.657. The molecule has 0 radical (unpaired) electrons. The summed E-state index contributed by atoms with van der Waals surface area (Å²) in [6.07, 6.45) is 4.22. The molecule has 0 aliphatic heterocycles. The zero-order chi connectivity index (χ0) is 17.1. The first kappa shape index (κ1) is 16.6. The maximum atomic E-state index is 12.5. The van der Waals surface area contributed by atoms with Gasteiger partial charge in [0.2, 0.25) is 0 Å². The van der Waals surface area contributed by atoms with Crippen LogP contribution in [0.3, 0.4) is 0 Å². The zero-order valence-electron chi connectivity index (χ0n) is 14.7. The Morgan fingerprint density at radius 2 is 1.71 bits per heavy atom. The van der Waals surface area contributed by atoms with Gasteiger partial charge in [-0.25, -0.2) is 0 Å². The van der Waals surface area contributed by atoms with Crippen molar-refractivity contribution in [2.24, 2.45) is 0 Å². The lowest BCUT2D eigenvalue weighted by atomic mass is 9.92. The lowest BCUT2D eigenvalue weighted by Crippen LogP contribution is -2.30. The Morgan fingerprint density at radius 3 is 2.42 bits per heavy atom. The Morgan fingerprint density at radius 1 is 1.04 bits per heavy atom. The monoisotopic (exact) mass is 323 g/mol. The first-order valence-electron chi connectivity index (χ1n) is 8.70. The van der Waals surface area contributed by atoms with E-state index in [1.807, 2.05) is 38.1 Å². The van der Waals surface area contributed by atoms with E-state index in [9.17, 15) is 4.79 Å². The van der Waals surface area contributed by atoms with Crippen molar-refractivity contribution in [3.63, 3.8) is 0 Å². The molecule has 1 atom stereocenters. The van der Waals surface area contributed by atoms with Crippen molar-refractivity contribution in [3.8, 4) is 5.75 Å². The van der Waals surface area contributed by atoms with Crippen molar-refractivity contribution in [1.82, 2.24) is 0 Å². The van der Waals surface area contributed by atoms with E-state index in [2.05, 4.69) is 17.4 Å². The van der Waals surface area contributed by atoms with Crippen LogP contribution in [0.15, 0.2) is 36.4 Å². The minimum absolute atomic E-state index is 0.120. The van der Waals surface area contributed by atoms with Crippen LogP contribution in [0.4, 0.5) is 5.69 Å². The average Bonchev–Trinajstić information content (AvgIpc) is 2.58. The number of anilines is 1. The lowest BCUT2D eigenvalue weighted by molar-refractivity contribution is -0.122. The molecule has 3 heteroatoms. The number of nitrogens with one attached hydrogen (secondary N) is 1. The number of para-hydroxylation sites is 1. The minimum atomic E-state index is -0.536. The topological polar surface area (TPSA) is 38.3 Å². The molecule has 0 unspecified atom stereocenters. The number of hydrogen-bond donors (Lipinski definition) is 1. The molecule has 0 saturated carbocycles. The van der Waals surface area contributed by atoms with E-state index in [1.165, 1.54) is 24.0 Å². The summed E-state index contributed by atoms with van der Waals surface area (Å²) >= 11 is 0. The van der Waals surface area contributed by atoms with Crippen LogP contribution in [0.5, 0.6) is 5.75 Å². The quantitative estimate of drug-likeness (QED) is 0.894. The molecule has 0 saturated heterocycles. The summed E-state index contributed by atoms with van der Waals surface area (Å²) in [6.45, 7) is 5.79. The molecule has 2 aromatic rings. The minimum Gasteiger partial charge on any atom is -0.481 e. The molecule has 24 heavy (non-hydrogen) atoms. The predicted molar refractivity (Wildman–Crippen MR) is 97.7 cm³/mol. The maximum absolute atomic E-state index is 12.5. The largest absolute Gasteiger partial charge is 0.481 e. The number of aryl methyl sites for hydroxylation is 4. The molecular formula is C21H25NO2. The fourth-order valence-electron chi connectivity index (χ4n) is 3.28. The van der Waals surface area contributed by atoms with Crippen molar-refractivity contribution in [2.45, 2.75) is 52.6 Å². The Bertz CT molecular complexity index is 731. The number of ether oxygens (including phenoxy) is 1. The van der Waals surface area contributed by atoms with E-state index in [0.29, 0.717) is 0 Å². The van der Waals surface area contributed by atoms with E-state index in [-0.39, 0.29) is 5.91 Å². The van der Waals surface area contributed by atoms with E-state index in [1.54, 1.807) is 6.92 Å². The van der Waals surface area contributed by atoms with Crippen molar-refractivity contribution >= 4 is 11.6 Å². The molecular weight excluding hydrogens is 298 g/mol. The maximum Gasteiger partial charge on any atom is 0.265 e. The normalized spacial score (nSPS) is 14.6. The molecule has 3 nitrogen and oxygen atoms in total. The first-order chi connectivity index (χ1) is 11.5. The molecule has 0 spiro atoms. The molecule has 126 valence electrons. The van der Waals surface area contributed by atoms with Crippen molar-refractivity contribution < 1.29 is 9.53 Å². The number of hydrogen-bond acceptors (Lipinski definition) is 2. The van der Waals surface area contributed by atoms with Crippen LogP contribution in [0.25, 0.3) is 0 Å². The van der Waals surface area contributed by atoms with Gasteiger partial charge in [0.15, 0.2) is 6.10 Å². The number of amides is 1. The van der Waals surface area contributed by atoms with Gasteiger partial charge in [0.25, 0.3) is 5.91 Å². The number of carbonyl (C=O) groups excluding carboxylic acids is 1. The second-order valence-corrected chi connectivity index (χ2v) is 6.65. The Kier molecular flexibility index (Phi) is 4.89. The highest BCUT2D eigenvalue weighted by molar-refractivity contribution is 5.95. The standard InChI is InChI=1S/C21H25NO2/c1-14-7-6-8-15(2)20(14)22-21(23)16(3)24-19-12-11-17-9-4-5-10-18(17)13-19/h6-8,11-13,16H,4-5,9-10H2,1-3H3,(H,22,23)/t16-/m0/s1. The van der Waals surface area contributed by atoms with Crippen LogP contribution in [0.1, 0.15) is 42.0 Å². The third kappa shape index (κ3) is 3.61. The zero-order valence-corrected chi connectivity index (χ0v) is 14.7. The number of carbonyl (C=O) groups is 1. The summed E-state index contributed by atoms with van der Waals surface area (Å²) in [4.78, 5) is 12.5. The van der Waals surface area contributed by atoms with Crippen LogP contribution in [0, 0.1) is 13.8 Å². The summed E-state index contributed by atoms with van der Waals surface area (Å²) in [6, 6.07) is 12.2. The number of benzene rings is 2. The molecule has 0 heterocycles. The van der Waals surface area contributed by atoms with Crippen LogP contribution < -0.4 is 10.1 Å². The summed E-state index contributed by atoms with van der Waals surface area (Å²) in [5.41, 5.74) is 5.78. The second kappa shape index (κ2) is 7.08. The summed E-state index contributed by atoms with van der Waals surface area (Å²) in [5, 5.41) is 3.00. The first-order valence-corrected chi connectivity index (χ1v) is 8.70. The van der Waals surface area contributed by atoms with Gasteiger partial charge in [-0.2, -0.15) is 0 Å². The van der Waals surface area contributed by atoms with Gasteiger partial charge in [0.05, 0.1) is 0 Å². The van der Waals surface area contributed by atoms with Gasteiger partial charge in [-0.1, -0.05) is 24.3 Å². The van der Waals surface area contributed by atoms with E-state index >= 15 is 0 Å². The molecule has 2 aromatic carbocycles. The van der Waals surface area contributed by atoms with Gasteiger partial charge in [-0.3, -0.25) is 4.79 Å². The third-order valence-electron chi connectivity index (χ3n) is 4.73. The molecule has 0 fully saturated rings. The van der Waals surface area contributed by atoms with Gasteiger partial charge in [0.1, 0.15) is 5.75 Å². The summed E-state index contributed by atoms with van der Waals surface area (Å²) < 4.78 is 5.88. The van der Waals surface area contributed by atoms with Crippen LogP contribution in [-0.2, 0) is 17.6 Å². The molecule has 1 aliphatic rings. The molecule has 1 N–H and O–H groups in total. The number of rotatable bonds is 4. The Hall–Kier alpha value is -2.29. The lowest BCUT2D eigenvalue weighted by Gasteiger charge is -2.20. The molecule has 3 rings (SSSR count). The van der Waals surface area contributed by atoms with Crippen molar-refractivity contribution in [2.75, 3.05) is 5.32 Å². The average molecular weight is 323 g/mol. The van der Waals surface area contributed by atoms with Gasteiger partial charge >= 0.3 is 0 Å². The highest BCUT2D eigenvalue weighted by Gasteiger charge is 2.18. The van der Waals surface area contributed by atoms with Gasteiger partial charge in [-0.15, -0.1) is 0 Å². The second-order valence-electron chi connectivity index (χ2n) is 6.65. The summed E-state index contributed by atoms with van der Waals surface area (Å²) in [7, 11) is 0. The Balaban J connectivity index is 1.68. The van der Waals surface area contributed by atoms with Crippen molar-refractivity contribution in [3.05, 3.63) is 58.7 Å². The third-order valence-corrected chi connectivity index (χ3v) is 4.73. The molecule has 0 bridgehead atoms. The van der Waals surface area contributed by atoms with E-state index in [4.69, 9.17) is 4.74 Å². The Labute approximate surface area is 144 Å². The highest BCUT2D eigenvalue weighted by atomic mass is 16.5. The predicted octanol–water partition coefficient (Wildman–Crippen LogP) is 4.59. The van der Waals surface area contributed by atoms with E-state index in [0.717, 1.165) is 35.4 Å². The SMILES string of the molecule is Cc1cccc(C)c1NC(=O)[C@H](C)Oc1ccc2c(c1)CCCC2. The molecule has 1 aliphatic carbocycles. The van der Waals surface area contributed by atoms with Crippen LogP contribution >= 0.6 is 0 Å². The van der Waals surface area contributed by atoms with Crippen LogP contribution in [-0.4, -0.2) is 12.0 Å². The molecule has 0 aromatic heterocycles. The smallest absolute Gasteiger partial charge is 0.265 e. The number of fused-ring (bicyclic) bond motifs is 1. The van der Waals surface area contributed by atoms with E-state index < -0.39 is 6.10 Å². The van der Waals surface area contributed by atoms with Gasteiger partial charge in [0, 0.05) is 5.69 Å². The van der Waals surface area contributed by atoms with Gasteiger partial charge < -0.3 is 10.1 Å². The van der Waals surface area contributed by atoms with Crippen LogP contribution in [0.2, 0.25) is 0 Å².